The maximum atomic E-state index is 5.73. The number of nitrogens with zero attached hydrogens (tertiary/aromatic N) is 1. The summed E-state index contributed by atoms with van der Waals surface area (Å²) in [5.41, 5.74) is 7.62. The van der Waals surface area contributed by atoms with Crippen molar-refractivity contribution in [2.75, 3.05) is 0 Å². The molecular weight excluding hydrogens is 314 g/mol. The van der Waals surface area contributed by atoms with E-state index in [4.69, 9.17) is 5.84 Å². The Morgan fingerprint density at radius 1 is 1.30 bits per heavy atom. The molecule has 3 nitrogen and oxygen atoms in total. The van der Waals surface area contributed by atoms with E-state index in [1.165, 1.54) is 16.7 Å². The van der Waals surface area contributed by atoms with Crippen LogP contribution in [0.25, 0.3) is 0 Å². The van der Waals surface area contributed by atoms with E-state index < -0.39 is 0 Å². The van der Waals surface area contributed by atoms with Crippen LogP contribution in [0, 0.1) is 6.92 Å². The van der Waals surface area contributed by atoms with Crippen molar-refractivity contribution < 1.29 is 0 Å². The molecule has 0 amide bonds. The minimum absolute atomic E-state index is 0.0625. The lowest BCUT2D eigenvalue weighted by Crippen LogP contribution is -2.30. The fourth-order valence-electron chi connectivity index (χ4n) is 2.24. The third-order valence-corrected chi connectivity index (χ3v) is 4.02. The summed E-state index contributed by atoms with van der Waals surface area (Å²) < 4.78 is 1.06. The molecule has 0 aliphatic heterocycles. The second-order valence-corrected chi connectivity index (χ2v) is 5.85. The van der Waals surface area contributed by atoms with Crippen molar-refractivity contribution in [3.8, 4) is 0 Å². The molecule has 1 unspecified atom stereocenters. The first-order chi connectivity index (χ1) is 9.63. The smallest absolute Gasteiger partial charge is 0.0518 e. The maximum Gasteiger partial charge on any atom is 0.0518 e. The van der Waals surface area contributed by atoms with Gasteiger partial charge in [-0.2, -0.15) is 0 Å². The average molecular weight is 334 g/mol. The lowest BCUT2D eigenvalue weighted by Gasteiger charge is -2.18. The highest BCUT2D eigenvalue weighted by Crippen LogP contribution is 2.24. The number of hydrogen-bond donors (Lipinski definition) is 2. The molecule has 0 spiro atoms. The zero-order valence-electron chi connectivity index (χ0n) is 11.9. The number of benzene rings is 1. The van der Waals surface area contributed by atoms with Gasteiger partial charge in [0.05, 0.1) is 6.04 Å². The molecule has 106 valence electrons. The normalized spacial score (nSPS) is 12.4. The van der Waals surface area contributed by atoms with E-state index in [0.717, 1.165) is 23.0 Å². The lowest BCUT2D eigenvalue weighted by molar-refractivity contribution is 0.543. The molecular formula is C16H20BrN3. The van der Waals surface area contributed by atoms with Gasteiger partial charge in [-0.25, -0.2) is 0 Å². The SMILES string of the molecule is CCc1ccc(CC(NN)c2cc(Br)ccc2C)nc1. The van der Waals surface area contributed by atoms with Crippen LogP contribution in [-0.4, -0.2) is 4.98 Å². The summed E-state index contributed by atoms with van der Waals surface area (Å²) in [5, 5.41) is 0. The number of nitrogens with two attached hydrogens (primary N) is 1. The van der Waals surface area contributed by atoms with Crippen molar-refractivity contribution in [2.24, 2.45) is 5.84 Å². The molecule has 0 radical (unpaired) electrons. The number of hydrogen-bond acceptors (Lipinski definition) is 3. The molecule has 0 saturated carbocycles. The van der Waals surface area contributed by atoms with Crippen LogP contribution in [0.15, 0.2) is 41.0 Å². The fourth-order valence-corrected chi connectivity index (χ4v) is 2.62. The summed E-state index contributed by atoms with van der Waals surface area (Å²) >= 11 is 3.51. The molecule has 2 aromatic rings. The highest BCUT2D eigenvalue weighted by Gasteiger charge is 2.14. The number of aromatic nitrogens is 1. The Kier molecular flexibility index (Phi) is 5.29. The molecule has 0 bridgehead atoms. The molecule has 4 heteroatoms. The third-order valence-electron chi connectivity index (χ3n) is 3.53. The van der Waals surface area contributed by atoms with Gasteiger partial charge in [0.15, 0.2) is 0 Å². The van der Waals surface area contributed by atoms with E-state index in [9.17, 15) is 0 Å². The van der Waals surface area contributed by atoms with Gasteiger partial charge in [0.2, 0.25) is 0 Å². The highest BCUT2D eigenvalue weighted by molar-refractivity contribution is 9.10. The summed E-state index contributed by atoms with van der Waals surface area (Å²) in [6, 6.07) is 10.5. The van der Waals surface area contributed by atoms with Crippen LogP contribution in [0.2, 0.25) is 0 Å². The molecule has 0 aliphatic carbocycles. The molecule has 1 aromatic carbocycles. The van der Waals surface area contributed by atoms with Crippen LogP contribution in [0.1, 0.15) is 35.3 Å². The van der Waals surface area contributed by atoms with Gasteiger partial charge in [-0.05, 0) is 48.2 Å². The van der Waals surface area contributed by atoms with Crippen molar-refractivity contribution in [2.45, 2.75) is 32.7 Å². The Balaban J connectivity index is 2.21. The fraction of sp³-hybridized carbons (Fsp3) is 0.312. The minimum atomic E-state index is 0.0625. The Labute approximate surface area is 128 Å². The summed E-state index contributed by atoms with van der Waals surface area (Å²) in [6.07, 6.45) is 3.73. The third kappa shape index (κ3) is 3.66. The summed E-state index contributed by atoms with van der Waals surface area (Å²) in [4.78, 5) is 4.51. The van der Waals surface area contributed by atoms with Crippen molar-refractivity contribution >= 4 is 15.9 Å². The van der Waals surface area contributed by atoms with Crippen LogP contribution >= 0.6 is 15.9 Å². The number of aryl methyl sites for hydroxylation is 2. The summed E-state index contributed by atoms with van der Waals surface area (Å²) in [6.45, 7) is 4.23. The molecule has 1 atom stereocenters. The van der Waals surface area contributed by atoms with Crippen LogP contribution < -0.4 is 11.3 Å². The van der Waals surface area contributed by atoms with Crippen molar-refractivity contribution in [1.29, 1.82) is 0 Å². The molecule has 0 aliphatic rings. The zero-order valence-corrected chi connectivity index (χ0v) is 13.4. The van der Waals surface area contributed by atoms with Crippen LogP contribution in [0.3, 0.4) is 0 Å². The van der Waals surface area contributed by atoms with Gasteiger partial charge in [0, 0.05) is 22.8 Å². The number of nitrogens with one attached hydrogen (secondary N) is 1. The van der Waals surface area contributed by atoms with E-state index in [2.05, 4.69) is 64.5 Å². The first-order valence-corrected chi connectivity index (χ1v) is 7.59. The first-order valence-electron chi connectivity index (χ1n) is 6.80. The number of pyridine rings is 1. The van der Waals surface area contributed by atoms with E-state index in [1.54, 1.807) is 0 Å². The van der Waals surface area contributed by atoms with E-state index in [1.807, 2.05) is 12.3 Å². The quantitative estimate of drug-likeness (QED) is 0.650. The van der Waals surface area contributed by atoms with Crippen LogP contribution in [0.4, 0.5) is 0 Å². The predicted molar refractivity (Wildman–Crippen MR) is 86.3 cm³/mol. The Morgan fingerprint density at radius 2 is 2.10 bits per heavy atom. The number of hydrazine groups is 1. The topological polar surface area (TPSA) is 50.9 Å². The Bertz CT molecular complexity index is 566. The molecule has 0 saturated heterocycles. The Morgan fingerprint density at radius 3 is 2.70 bits per heavy atom. The first kappa shape index (κ1) is 15.2. The second kappa shape index (κ2) is 6.97. The molecule has 1 heterocycles. The summed E-state index contributed by atoms with van der Waals surface area (Å²) in [5.74, 6) is 5.73. The van der Waals surface area contributed by atoms with E-state index in [-0.39, 0.29) is 6.04 Å². The average Bonchev–Trinajstić information content (AvgIpc) is 2.48. The Hall–Kier alpha value is -1.23. The summed E-state index contributed by atoms with van der Waals surface area (Å²) in [7, 11) is 0. The lowest BCUT2D eigenvalue weighted by atomic mass is 9.97. The van der Waals surface area contributed by atoms with Gasteiger partial charge < -0.3 is 0 Å². The van der Waals surface area contributed by atoms with Gasteiger partial charge >= 0.3 is 0 Å². The highest BCUT2D eigenvalue weighted by atomic mass is 79.9. The van der Waals surface area contributed by atoms with E-state index in [0.29, 0.717) is 0 Å². The molecule has 1 aromatic heterocycles. The molecule has 3 N–H and O–H groups in total. The maximum absolute atomic E-state index is 5.73. The van der Waals surface area contributed by atoms with Gasteiger partial charge in [0.25, 0.3) is 0 Å². The van der Waals surface area contributed by atoms with Gasteiger partial charge in [0.1, 0.15) is 0 Å². The molecule has 20 heavy (non-hydrogen) atoms. The van der Waals surface area contributed by atoms with E-state index >= 15 is 0 Å². The zero-order chi connectivity index (χ0) is 14.5. The number of rotatable bonds is 5. The number of halogens is 1. The van der Waals surface area contributed by atoms with Gasteiger partial charge in [-0.15, -0.1) is 0 Å². The van der Waals surface area contributed by atoms with Crippen molar-refractivity contribution in [3.05, 3.63) is 63.4 Å². The van der Waals surface area contributed by atoms with Gasteiger partial charge in [-0.1, -0.05) is 35.0 Å². The van der Waals surface area contributed by atoms with Crippen LogP contribution in [-0.2, 0) is 12.8 Å². The van der Waals surface area contributed by atoms with Crippen molar-refractivity contribution in [3.63, 3.8) is 0 Å². The minimum Gasteiger partial charge on any atom is -0.271 e. The largest absolute Gasteiger partial charge is 0.271 e. The predicted octanol–water partition coefficient (Wildman–Crippen LogP) is 3.46. The van der Waals surface area contributed by atoms with Crippen LogP contribution in [0.5, 0.6) is 0 Å². The van der Waals surface area contributed by atoms with Gasteiger partial charge in [-0.3, -0.25) is 16.3 Å². The van der Waals surface area contributed by atoms with Crippen molar-refractivity contribution in [1.82, 2.24) is 10.4 Å². The standard InChI is InChI=1S/C16H20BrN3/c1-3-12-5-7-14(19-10-12)9-16(20-18)15-8-13(17)6-4-11(15)2/h4-8,10,16,20H,3,9,18H2,1-2H3. The second-order valence-electron chi connectivity index (χ2n) is 4.94. The monoisotopic (exact) mass is 333 g/mol. The molecule has 2 rings (SSSR count). The molecule has 0 fully saturated rings.